The molecular weight excluding hydrogens is 188 g/mol. The Bertz CT molecular complexity index is 356. The maximum absolute atomic E-state index is 5.40. The fraction of sp³-hybridized carbons (Fsp3) is 0.417. The number of aliphatic imine (C=N–C) groups is 1. The molecule has 1 aliphatic rings. The minimum absolute atomic E-state index is 0.709. The van der Waals surface area contributed by atoms with Crippen LogP contribution in [-0.4, -0.2) is 37.5 Å². The van der Waals surface area contributed by atoms with Crippen molar-refractivity contribution in [2.45, 2.75) is 6.92 Å². The van der Waals surface area contributed by atoms with Gasteiger partial charge in [-0.05, 0) is 31.2 Å². The lowest BCUT2D eigenvalue weighted by atomic mass is 10.2. The van der Waals surface area contributed by atoms with Crippen LogP contribution in [0.2, 0.25) is 0 Å². The van der Waals surface area contributed by atoms with Crippen LogP contribution in [0, 0.1) is 0 Å². The molecule has 0 radical (unpaired) electrons. The molecule has 0 saturated carbocycles. The first-order valence-corrected chi connectivity index (χ1v) is 5.30. The Morgan fingerprint density at radius 3 is 2.60 bits per heavy atom. The number of amidine groups is 1. The highest BCUT2D eigenvalue weighted by Gasteiger charge is 2.13. The lowest BCUT2D eigenvalue weighted by Gasteiger charge is -2.13. The van der Waals surface area contributed by atoms with Gasteiger partial charge in [0.15, 0.2) is 0 Å². The van der Waals surface area contributed by atoms with Crippen LogP contribution in [0.25, 0.3) is 0 Å². The molecule has 3 heteroatoms. The molecule has 2 rings (SSSR count). The Morgan fingerprint density at radius 1 is 1.33 bits per heavy atom. The monoisotopic (exact) mass is 204 g/mol. The molecule has 0 atom stereocenters. The van der Waals surface area contributed by atoms with Gasteiger partial charge in [-0.3, -0.25) is 4.99 Å². The van der Waals surface area contributed by atoms with Crippen molar-refractivity contribution in [1.29, 1.82) is 0 Å². The fourth-order valence-corrected chi connectivity index (χ4v) is 1.71. The van der Waals surface area contributed by atoms with Crippen molar-refractivity contribution in [3.63, 3.8) is 0 Å². The van der Waals surface area contributed by atoms with E-state index in [2.05, 4.69) is 29.1 Å². The first-order valence-electron chi connectivity index (χ1n) is 5.30. The molecule has 1 aromatic rings. The summed E-state index contributed by atoms with van der Waals surface area (Å²) in [5.74, 6) is 2.00. The zero-order chi connectivity index (χ0) is 10.7. The minimum Gasteiger partial charge on any atom is -0.494 e. The molecule has 80 valence electrons. The van der Waals surface area contributed by atoms with Crippen LogP contribution in [0.5, 0.6) is 5.75 Å². The zero-order valence-electron chi connectivity index (χ0n) is 9.23. The summed E-state index contributed by atoms with van der Waals surface area (Å²) in [6.07, 6.45) is 0. The van der Waals surface area contributed by atoms with E-state index < -0.39 is 0 Å². The van der Waals surface area contributed by atoms with Crippen LogP contribution in [0.1, 0.15) is 12.5 Å². The SMILES string of the molecule is CCOc1ccc(C2=NCCN2C)cc1. The van der Waals surface area contributed by atoms with Crippen LogP contribution >= 0.6 is 0 Å². The first kappa shape index (κ1) is 10.0. The molecular formula is C12H16N2O. The second kappa shape index (κ2) is 4.34. The van der Waals surface area contributed by atoms with Crippen LogP contribution in [-0.2, 0) is 0 Å². The van der Waals surface area contributed by atoms with Gasteiger partial charge in [0.05, 0.1) is 13.2 Å². The number of benzene rings is 1. The fourth-order valence-electron chi connectivity index (χ4n) is 1.71. The normalized spacial score (nSPS) is 15.3. The molecule has 1 aromatic carbocycles. The molecule has 0 N–H and O–H groups in total. The van der Waals surface area contributed by atoms with E-state index in [4.69, 9.17) is 4.74 Å². The van der Waals surface area contributed by atoms with Crippen molar-refractivity contribution in [2.75, 3.05) is 26.7 Å². The molecule has 15 heavy (non-hydrogen) atoms. The smallest absolute Gasteiger partial charge is 0.130 e. The summed E-state index contributed by atoms with van der Waals surface area (Å²) < 4.78 is 5.40. The molecule has 0 unspecified atom stereocenters. The Labute approximate surface area is 90.4 Å². The molecule has 0 bridgehead atoms. The number of hydrogen-bond acceptors (Lipinski definition) is 3. The van der Waals surface area contributed by atoms with Crippen LogP contribution < -0.4 is 4.74 Å². The second-order valence-electron chi connectivity index (χ2n) is 3.58. The van der Waals surface area contributed by atoms with E-state index >= 15 is 0 Å². The molecule has 1 heterocycles. The lowest BCUT2D eigenvalue weighted by Crippen LogP contribution is -2.23. The Balaban J connectivity index is 2.16. The average Bonchev–Trinajstić information content (AvgIpc) is 2.66. The molecule has 0 aromatic heterocycles. The Kier molecular flexibility index (Phi) is 2.90. The predicted molar refractivity (Wildman–Crippen MR) is 61.6 cm³/mol. The number of rotatable bonds is 3. The summed E-state index contributed by atoms with van der Waals surface area (Å²) in [5, 5.41) is 0. The summed E-state index contributed by atoms with van der Waals surface area (Å²) in [7, 11) is 2.07. The largest absolute Gasteiger partial charge is 0.494 e. The molecule has 0 fully saturated rings. The van der Waals surface area contributed by atoms with Gasteiger partial charge in [-0.25, -0.2) is 0 Å². The van der Waals surface area contributed by atoms with E-state index in [1.807, 2.05) is 19.1 Å². The van der Waals surface area contributed by atoms with Crippen molar-refractivity contribution >= 4 is 5.84 Å². The highest BCUT2D eigenvalue weighted by Crippen LogP contribution is 2.15. The van der Waals surface area contributed by atoms with Gasteiger partial charge < -0.3 is 9.64 Å². The second-order valence-corrected chi connectivity index (χ2v) is 3.58. The number of nitrogens with zero attached hydrogens (tertiary/aromatic N) is 2. The molecule has 1 aliphatic heterocycles. The average molecular weight is 204 g/mol. The van der Waals surface area contributed by atoms with E-state index in [9.17, 15) is 0 Å². The van der Waals surface area contributed by atoms with Gasteiger partial charge >= 0.3 is 0 Å². The van der Waals surface area contributed by atoms with Crippen molar-refractivity contribution in [1.82, 2.24) is 4.90 Å². The van der Waals surface area contributed by atoms with Gasteiger partial charge in [0.1, 0.15) is 11.6 Å². The van der Waals surface area contributed by atoms with Gasteiger partial charge in [0.25, 0.3) is 0 Å². The maximum atomic E-state index is 5.40. The third-order valence-corrected chi connectivity index (χ3v) is 2.48. The number of ether oxygens (including phenoxy) is 1. The van der Waals surface area contributed by atoms with Crippen molar-refractivity contribution in [3.05, 3.63) is 29.8 Å². The highest BCUT2D eigenvalue weighted by atomic mass is 16.5. The topological polar surface area (TPSA) is 24.8 Å². The summed E-state index contributed by atoms with van der Waals surface area (Å²) >= 11 is 0. The van der Waals surface area contributed by atoms with Crippen LogP contribution in [0.15, 0.2) is 29.3 Å². The Hall–Kier alpha value is -1.51. The minimum atomic E-state index is 0.709. The van der Waals surface area contributed by atoms with E-state index in [1.165, 1.54) is 5.56 Å². The third kappa shape index (κ3) is 2.12. The summed E-state index contributed by atoms with van der Waals surface area (Å²) in [6.45, 7) is 4.62. The molecule has 3 nitrogen and oxygen atoms in total. The molecule has 0 saturated heterocycles. The Morgan fingerprint density at radius 2 is 2.07 bits per heavy atom. The maximum Gasteiger partial charge on any atom is 0.130 e. The van der Waals surface area contributed by atoms with E-state index in [1.54, 1.807) is 0 Å². The summed E-state index contributed by atoms with van der Waals surface area (Å²) in [6, 6.07) is 8.11. The quantitative estimate of drug-likeness (QED) is 0.749. The predicted octanol–water partition coefficient (Wildman–Crippen LogP) is 1.78. The molecule has 0 spiro atoms. The van der Waals surface area contributed by atoms with Crippen LogP contribution in [0.3, 0.4) is 0 Å². The lowest BCUT2D eigenvalue weighted by molar-refractivity contribution is 0.340. The van der Waals surface area contributed by atoms with Gasteiger partial charge in [-0.15, -0.1) is 0 Å². The summed E-state index contributed by atoms with van der Waals surface area (Å²) in [4.78, 5) is 6.64. The van der Waals surface area contributed by atoms with E-state index in [-0.39, 0.29) is 0 Å². The van der Waals surface area contributed by atoms with Crippen molar-refractivity contribution < 1.29 is 4.74 Å². The number of likely N-dealkylation sites (N-methyl/N-ethyl adjacent to an activating group) is 1. The summed E-state index contributed by atoms with van der Waals surface area (Å²) in [5.41, 5.74) is 1.17. The van der Waals surface area contributed by atoms with Gasteiger partial charge in [0.2, 0.25) is 0 Å². The molecule has 0 aliphatic carbocycles. The van der Waals surface area contributed by atoms with Crippen molar-refractivity contribution in [3.8, 4) is 5.75 Å². The van der Waals surface area contributed by atoms with Gasteiger partial charge in [-0.1, -0.05) is 0 Å². The van der Waals surface area contributed by atoms with Crippen molar-refractivity contribution in [2.24, 2.45) is 4.99 Å². The van der Waals surface area contributed by atoms with Gasteiger partial charge in [0, 0.05) is 19.2 Å². The van der Waals surface area contributed by atoms with E-state index in [0.29, 0.717) is 6.61 Å². The standard InChI is InChI=1S/C12H16N2O/c1-3-15-11-6-4-10(5-7-11)12-13-8-9-14(12)2/h4-7H,3,8-9H2,1-2H3. The first-order chi connectivity index (χ1) is 7.31. The molecule has 0 amide bonds. The van der Waals surface area contributed by atoms with Crippen LogP contribution in [0.4, 0.5) is 0 Å². The zero-order valence-corrected chi connectivity index (χ0v) is 9.23. The number of hydrogen-bond donors (Lipinski definition) is 0. The third-order valence-electron chi connectivity index (χ3n) is 2.48. The highest BCUT2D eigenvalue weighted by molar-refractivity contribution is 5.99. The van der Waals surface area contributed by atoms with E-state index in [0.717, 1.165) is 24.7 Å². The van der Waals surface area contributed by atoms with Gasteiger partial charge in [-0.2, -0.15) is 0 Å².